The summed E-state index contributed by atoms with van der Waals surface area (Å²) in [6.45, 7) is 0.490. The monoisotopic (exact) mass is 447 g/mol. The summed E-state index contributed by atoms with van der Waals surface area (Å²) in [6.07, 6.45) is 0. The zero-order valence-corrected chi connectivity index (χ0v) is 15.4. The van der Waals surface area contributed by atoms with Crippen LogP contribution >= 0.6 is 43.5 Å². The molecule has 7 heteroatoms. The van der Waals surface area contributed by atoms with Crippen molar-refractivity contribution in [2.24, 2.45) is 0 Å². The molecular formula is C15H12Br2ClNO3. The van der Waals surface area contributed by atoms with Gasteiger partial charge in [0.25, 0.3) is 0 Å². The summed E-state index contributed by atoms with van der Waals surface area (Å²) in [4.78, 5) is 11.0. The van der Waals surface area contributed by atoms with Crippen LogP contribution in [0, 0.1) is 0 Å². The number of aromatic carboxylic acids is 1. The fourth-order valence-corrected chi connectivity index (χ4v) is 3.69. The first-order valence-corrected chi connectivity index (χ1v) is 8.17. The normalized spacial score (nSPS) is 10.4. The first kappa shape index (κ1) is 17.1. The summed E-state index contributed by atoms with van der Waals surface area (Å²) in [7, 11) is 1.60. The van der Waals surface area contributed by atoms with Crippen LogP contribution in [0.1, 0.15) is 15.9 Å². The van der Waals surface area contributed by atoms with Crippen molar-refractivity contribution in [2.75, 3.05) is 12.4 Å². The first-order valence-electron chi connectivity index (χ1n) is 6.21. The number of hydrogen-bond acceptors (Lipinski definition) is 3. The fraction of sp³-hybridized carbons (Fsp3) is 0.133. The lowest BCUT2D eigenvalue weighted by atomic mass is 10.2. The number of nitrogens with one attached hydrogen (secondary N) is 1. The minimum absolute atomic E-state index is 0.184. The van der Waals surface area contributed by atoms with E-state index in [0.29, 0.717) is 17.3 Å². The summed E-state index contributed by atoms with van der Waals surface area (Å²) in [5.41, 5.74) is 1.74. The van der Waals surface area contributed by atoms with E-state index in [1.165, 1.54) is 12.1 Å². The Balaban J connectivity index is 2.20. The number of carboxylic acid groups (broad SMARTS) is 1. The second-order valence-electron chi connectivity index (χ2n) is 4.45. The highest BCUT2D eigenvalue weighted by Gasteiger charge is 2.10. The molecule has 2 rings (SSSR count). The van der Waals surface area contributed by atoms with Gasteiger partial charge in [0.15, 0.2) is 0 Å². The molecule has 0 saturated carbocycles. The Morgan fingerprint density at radius 2 is 1.91 bits per heavy atom. The molecule has 0 heterocycles. The number of benzene rings is 2. The first-order chi connectivity index (χ1) is 10.4. The number of rotatable bonds is 5. The van der Waals surface area contributed by atoms with E-state index in [1.54, 1.807) is 13.2 Å². The Labute approximate surface area is 149 Å². The second kappa shape index (κ2) is 7.35. The molecule has 0 aliphatic rings. The molecule has 0 aliphatic heterocycles. The zero-order valence-electron chi connectivity index (χ0n) is 11.5. The van der Waals surface area contributed by atoms with Crippen LogP contribution in [0.3, 0.4) is 0 Å². The smallest absolute Gasteiger partial charge is 0.335 e. The highest BCUT2D eigenvalue weighted by Crippen LogP contribution is 2.34. The quantitative estimate of drug-likeness (QED) is 0.660. The standard InChI is InChI=1S/C15H12Br2ClNO3/c1-22-14-10(16)4-8(5-11(14)17)7-19-13-6-9(15(20)21)2-3-12(13)18/h2-6,19H,7H2,1H3,(H,20,21). The molecule has 0 unspecified atom stereocenters. The molecule has 0 radical (unpaired) electrons. The average Bonchev–Trinajstić information content (AvgIpc) is 2.46. The summed E-state index contributed by atoms with van der Waals surface area (Å²) in [5.74, 6) is -0.274. The van der Waals surface area contributed by atoms with Gasteiger partial charge in [0, 0.05) is 6.54 Å². The van der Waals surface area contributed by atoms with Crippen molar-refractivity contribution < 1.29 is 14.6 Å². The predicted octanol–water partition coefficient (Wildman–Crippen LogP) is 5.18. The molecule has 116 valence electrons. The van der Waals surface area contributed by atoms with Gasteiger partial charge in [-0.2, -0.15) is 0 Å². The van der Waals surface area contributed by atoms with Crippen molar-refractivity contribution in [1.82, 2.24) is 0 Å². The van der Waals surface area contributed by atoms with Gasteiger partial charge in [0.05, 0.1) is 32.3 Å². The van der Waals surface area contributed by atoms with Crippen LogP contribution in [0.5, 0.6) is 5.75 Å². The topological polar surface area (TPSA) is 58.6 Å². The van der Waals surface area contributed by atoms with Crippen LogP contribution in [0.4, 0.5) is 5.69 Å². The number of halogens is 3. The molecule has 0 amide bonds. The molecule has 0 spiro atoms. The maximum Gasteiger partial charge on any atom is 0.335 e. The van der Waals surface area contributed by atoms with Crippen molar-refractivity contribution in [1.29, 1.82) is 0 Å². The zero-order chi connectivity index (χ0) is 16.3. The number of carboxylic acids is 1. The van der Waals surface area contributed by atoms with Gasteiger partial charge in [0.1, 0.15) is 5.75 Å². The lowest BCUT2D eigenvalue weighted by Crippen LogP contribution is -2.03. The fourth-order valence-electron chi connectivity index (χ4n) is 1.90. The van der Waals surface area contributed by atoms with Crippen molar-refractivity contribution in [3.63, 3.8) is 0 Å². The lowest BCUT2D eigenvalue weighted by molar-refractivity contribution is 0.0697. The number of ether oxygens (including phenoxy) is 1. The molecule has 4 nitrogen and oxygen atoms in total. The Bertz CT molecular complexity index is 699. The van der Waals surface area contributed by atoms with Gasteiger partial charge in [-0.1, -0.05) is 11.6 Å². The molecule has 2 N–H and O–H groups in total. The van der Waals surface area contributed by atoms with Gasteiger partial charge < -0.3 is 15.2 Å². The minimum Gasteiger partial charge on any atom is -0.494 e. The highest BCUT2D eigenvalue weighted by molar-refractivity contribution is 9.11. The van der Waals surface area contributed by atoms with Gasteiger partial charge in [-0.25, -0.2) is 4.79 Å². The van der Waals surface area contributed by atoms with E-state index in [1.807, 2.05) is 12.1 Å². The Morgan fingerprint density at radius 3 is 2.45 bits per heavy atom. The maximum absolute atomic E-state index is 11.0. The summed E-state index contributed by atoms with van der Waals surface area (Å²) in [5, 5.41) is 12.6. The van der Waals surface area contributed by atoms with Crippen molar-refractivity contribution in [3.05, 3.63) is 55.4 Å². The third-order valence-electron chi connectivity index (χ3n) is 2.96. The number of hydrogen-bond donors (Lipinski definition) is 2. The average molecular weight is 450 g/mol. The van der Waals surface area contributed by atoms with Gasteiger partial charge >= 0.3 is 5.97 Å². The summed E-state index contributed by atoms with van der Waals surface area (Å²) >= 11 is 13.0. The maximum atomic E-state index is 11.0. The van der Waals surface area contributed by atoms with Crippen LogP contribution < -0.4 is 10.1 Å². The van der Waals surface area contributed by atoms with E-state index in [2.05, 4.69) is 37.2 Å². The van der Waals surface area contributed by atoms with E-state index in [0.717, 1.165) is 20.3 Å². The molecule has 2 aromatic carbocycles. The van der Waals surface area contributed by atoms with Gasteiger partial charge in [-0.15, -0.1) is 0 Å². The van der Waals surface area contributed by atoms with Crippen molar-refractivity contribution >= 4 is 55.1 Å². The Hall–Kier alpha value is -1.24. The molecule has 22 heavy (non-hydrogen) atoms. The predicted molar refractivity (Wildman–Crippen MR) is 94.1 cm³/mol. The van der Waals surface area contributed by atoms with Gasteiger partial charge in [0.2, 0.25) is 0 Å². The van der Waals surface area contributed by atoms with E-state index < -0.39 is 5.97 Å². The van der Waals surface area contributed by atoms with E-state index in [-0.39, 0.29) is 5.56 Å². The molecule has 0 aliphatic carbocycles. The Kier molecular flexibility index (Phi) is 5.72. The number of anilines is 1. The molecule has 2 aromatic rings. The number of methoxy groups -OCH3 is 1. The molecule has 0 bridgehead atoms. The summed E-state index contributed by atoms with van der Waals surface area (Å²) in [6, 6.07) is 8.39. The van der Waals surface area contributed by atoms with Crippen molar-refractivity contribution in [3.8, 4) is 5.75 Å². The summed E-state index contributed by atoms with van der Waals surface area (Å²) < 4.78 is 6.91. The van der Waals surface area contributed by atoms with Crippen LogP contribution in [0.25, 0.3) is 0 Å². The minimum atomic E-state index is -0.991. The molecule has 0 aromatic heterocycles. The van der Waals surface area contributed by atoms with Crippen LogP contribution in [-0.4, -0.2) is 18.2 Å². The Morgan fingerprint density at radius 1 is 1.27 bits per heavy atom. The molecular weight excluding hydrogens is 437 g/mol. The largest absolute Gasteiger partial charge is 0.494 e. The highest BCUT2D eigenvalue weighted by atomic mass is 79.9. The third-order valence-corrected chi connectivity index (χ3v) is 4.47. The van der Waals surface area contributed by atoms with Crippen molar-refractivity contribution in [2.45, 2.75) is 6.54 Å². The molecule has 0 atom stereocenters. The SMILES string of the molecule is COc1c(Br)cc(CNc2cc(C(=O)O)ccc2Cl)cc1Br. The molecule has 0 fully saturated rings. The van der Waals surface area contributed by atoms with Gasteiger partial charge in [-0.05, 0) is 67.8 Å². The lowest BCUT2D eigenvalue weighted by Gasteiger charge is -2.12. The van der Waals surface area contributed by atoms with E-state index in [4.69, 9.17) is 21.4 Å². The van der Waals surface area contributed by atoms with Crippen LogP contribution in [-0.2, 0) is 6.54 Å². The van der Waals surface area contributed by atoms with Crippen LogP contribution in [0.15, 0.2) is 39.3 Å². The number of carbonyl (C=O) groups is 1. The molecule has 0 saturated heterocycles. The van der Waals surface area contributed by atoms with E-state index >= 15 is 0 Å². The van der Waals surface area contributed by atoms with Crippen LogP contribution in [0.2, 0.25) is 5.02 Å². The van der Waals surface area contributed by atoms with E-state index in [9.17, 15) is 4.79 Å². The second-order valence-corrected chi connectivity index (χ2v) is 6.56. The van der Waals surface area contributed by atoms with Gasteiger partial charge in [-0.3, -0.25) is 0 Å². The third kappa shape index (κ3) is 3.94.